The molecule has 0 atom stereocenters. The van der Waals surface area contributed by atoms with Gasteiger partial charge in [-0.05, 0) is 44.7 Å². The van der Waals surface area contributed by atoms with Gasteiger partial charge < -0.3 is 10.6 Å². The van der Waals surface area contributed by atoms with E-state index in [1.807, 2.05) is 6.92 Å². The van der Waals surface area contributed by atoms with Crippen LogP contribution in [0.15, 0.2) is 23.2 Å². The summed E-state index contributed by atoms with van der Waals surface area (Å²) in [7, 11) is -3.14. The molecule has 0 unspecified atom stereocenters. The van der Waals surface area contributed by atoms with Crippen molar-refractivity contribution in [1.82, 2.24) is 14.9 Å². The number of benzene rings is 1. The van der Waals surface area contributed by atoms with Gasteiger partial charge in [0.15, 0.2) is 5.96 Å². The minimum Gasteiger partial charge on any atom is -0.357 e. The highest BCUT2D eigenvalue weighted by Crippen LogP contribution is 2.14. The minimum atomic E-state index is -3.14. The first-order valence-corrected chi connectivity index (χ1v) is 10.9. The lowest BCUT2D eigenvalue weighted by Crippen LogP contribution is -2.50. The van der Waals surface area contributed by atoms with Crippen LogP contribution in [-0.2, 0) is 16.4 Å². The van der Waals surface area contributed by atoms with Crippen LogP contribution in [0.1, 0.15) is 32.3 Å². The molecule has 0 spiro atoms. The van der Waals surface area contributed by atoms with Gasteiger partial charge in [0.05, 0.1) is 5.75 Å². The smallest absolute Gasteiger partial charge is 0.213 e. The number of guanidine groups is 1. The van der Waals surface area contributed by atoms with Gasteiger partial charge in [-0.15, -0.1) is 24.0 Å². The Bertz CT molecular complexity index is 754. The molecule has 0 radical (unpaired) electrons. The van der Waals surface area contributed by atoms with Crippen LogP contribution in [-0.4, -0.2) is 56.7 Å². The standard InChI is InChI=1S/C18H28F2N4O2S.HI/c1-3-21-18(22-10-7-14-5-6-15(19)13-17(14)20)23-16-8-11-24(12-9-16)27(25,26)4-2;/h5-6,13,16H,3-4,7-12H2,1-2H3,(H2,21,22,23);1H. The molecule has 28 heavy (non-hydrogen) atoms. The van der Waals surface area contributed by atoms with E-state index in [-0.39, 0.29) is 35.8 Å². The van der Waals surface area contributed by atoms with E-state index in [1.54, 1.807) is 6.92 Å². The molecule has 0 aromatic heterocycles. The minimum absolute atomic E-state index is 0. The SMILES string of the molecule is CCNC(=NCCc1ccc(F)cc1F)NC1CCN(S(=O)(=O)CC)CC1.I. The molecule has 1 heterocycles. The van der Waals surface area contributed by atoms with Crippen LogP contribution in [0.2, 0.25) is 0 Å². The quantitative estimate of drug-likeness (QED) is 0.323. The Kier molecular flexibility index (Phi) is 10.6. The van der Waals surface area contributed by atoms with Crippen molar-refractivity contribution in [3.8, 4) is 0 Å². The summed E-state index contributed by atoms with van der Waals surface area (Å²) in [6.07, 6.45) is 1.78. The summed E-state index contributed by atoms with van der Waals surface area (Å²) in [5.41, 5.74) is 0.425. The predicted octanol–water partition coefficient (Wildman–Crippen LogP) is 2.49. The van der Waals surface area contributed by atoms with Gasteiger partial charge in [0.2, 0.25) is 10.0 Å². The second-order valence-corrected chi connectivity index (χ2v) is 8.72. The first-order chi connectivity index (χ1) is 12.9. The normalized spacial score (nSPS) is 16.5. The van der Waals surface area contributed by atoms with Crippen molar-refractivity contribution in [2.45, 2.75) is 39.2 Å². The first-order valence-electron chi connectivity index (χ1n) is 9.32. The summed E-state index contributed by atoms with van der Waals surface area (Å²) in [5.74, 6) is -0.412. The van der Waals surface area contributed by atoms with Gasteiger partial charge in [-0.2, -0.15) is 0 Å². The van der Waals surface area contributed by atoms with Crippen LogP contribution in [0.25, 0.3) is 0 Å². The Morgan fingerprint density at radius 1 is 1.25 bits per heavy atom. The highest BCUT2D eigenvalue weighted by atomic mass is 127. The molecular weight excluding hydrogens is 501 g/mol. The Labute approximate surface area is 183 Å². The number of hydrogen-bond donors (Lipinski definition) is 2. The third kappa shape index (κ3) is 7.43. The average molecular weight is 530 g/mol. The number of piperidine rings is 1. The van der Waals surface area contributed by atoms with Crippen molar-refractivity contribution >= 4 is 40.0 Å². The van der Waals surface area contributed by atoms with E-state index < -0.39 is 21.7 Å². The van der Waals surface area contributed by atoms with Crippen LogP contribution < -0.4 is 10.6 Å². The number of sulfonamides is 1. The summed E-state index contributed by atoms with van der Waals surface area (Å²) in [6, 6.07) is 3.68. The molecule has 1 aromatic carbocycles. The maximum absolute atomic E-state index is 13.7. The fourth-order valence-corrected chi connectivity index (χ4v) is 4.12. The summed E-state index contributed by atoms with van der Waals surface area (Å²) in [6.45, 7) is 5.63. The van der Waals surface area contributed by atoms with Crippen molar-refractivity contribution in [1.29, 1.82) is 0 Å². The van der Waals surface area contributed by atoms with Gasteiger partial charge in [-0.25, -0.2) is 21.5 Å². The van der Waals surface area contributed by atoms with Crippen molar-refractivity contribution < 1.29 is 17.2 Å². The number of rotatable bonds is 7. The van der Waals surface area contributed by atoms with Gasteiger partial charge in [-0.1, -0.05) is 6.07 Å². The lowest BCUT2D eigenvalue weighted by Gasteiger charge is -2.32. The van der Waals surface area contributed by atoms with E-state index >= 15 is 0 Å². The van der Waals surface area contributed by atoms with Crippen molar-refractivity contribution in [2.75, 3.05) is 31.9 Å². The summed E-state index contributed by atoms with van der Waals surface area (Å²) < 4.78 is 52.0. The predicted molar refractivity (Wildman–Crippen MR) is 119 cm³/mol. The largest absolute Gasteiger partial charge is 0.357 e. The third-order valence-electron chi connectivity index (χ3n) is 4.56. The molecular formula is C18H29F2IN4O2S. The average Bonchev–Trinajstić information content (AvgIpc) is 2.64. The lowest BCUT2D eigenvalue weighted by atomic mass is 10.1. The van der Waals surface area contributed by atoms with Gasteiger partial charge in [0.25, 0.3) is 0 Å². The fourth-order valence-electron chi connectivity index (χ4n) is 2.99. The van der Waals surface area contributed by atoms with Crippen LogP contribution in [0.3, 0.4) is 0 Å². The van der Waals surface area contributed by atoms with E-state index in [2.05, 4.69) is 15.6 Å². The van der Waals surface area contributed by atoms with Crippen molar-refractivity contribution in [3.05, 3.63) is 35.4 Å². The molecule has 0 saturated carbocycles. The molecule has 6 nitrogen and oxygen atoms in total. The number of aliphatic imine (C=N–C) groups is 1. The molecule has 1 aliphatic rings. The van der Waals surface area contributed by atoms with E-state index in [9.17, 15) is 17.2 Å². The molecule has 2 rings (SSSR count). The topological polar surface area (TPSA) is 73.8 Å². The highest BCUT2D eigenvalue weighted by Gasteiger charge is 2.26. The Balaban J connectivity index is 0.00000392. The van der Waals surface area contributed by atoms with E-state index in [0.717, 1.165) is 6.07 Å². The number of nitrogens with one attached hydrogen (secondary N) is 2. The van der Waals surface area contributed by atoms with Gasteiger partial charge in [0, 0.05) is 38.3 Å². The summed E-state index contributed by atoms with van der Waals surface area (Å²) >= 11 is 0. The number of hydrogen-bond acceptors (Lipinski definition) is 3. The fraction of sp³-hybridized carbons (Fsp3) is 0.611. The maximum Gasteiger partial charge on any atom is 0.213 e. The monoisotopic (exact) mass is 530 g/mol. The lowest BCUT2D eigenvalue weighted by molar-refractivity contribution is 0.306. The second kappa shape index (κ2) is 11.9. The van der Waals surface area contributed by atoms with Crippen LogP contribution >= 0.6 is 24.0 Å². The third-order valence-corrected chi connectivity index (χ3v) is 6.44. The van der Waals surface area contributed by atoms with E-state index in [4.69, 9.17) is 0 Å². The Hall–Kier alpha value is -1.01. The molecule has 2 N–H and O–H groups in total. The molecule has 0 amide bonds. The van der Waals surface area contributed by atoms with Crippen LogP contribution in [0.5, 0.6) is 0 Å². The van der Waals surface area contributed by atoms with Gasteiger partial charge in [-0.3, -0.25) is 4.99 Å². The zero-order valence-corrected chi connectivity index (χ0v) is 19.4. The highest BCUT2D eigenvalue weighted by molar-refractivity contribution is 14.0. The molecule has 10 heteroatoms. The van der Waals surface area contributed by atoms with Crippen LogP contribution in [0.4, 0.5) is 8.78 Å². The van der Waals surface area contributed by atoms with E-state index in [0.29, 0.717) is 57.0 Å². The Morgan fingerprint density at radius 3 is 2.50 bits per heavy atom. The molecule has 0 aliphatic carbocycles. The summed E-state index contributed by atoms with van der Waals surface area (Å²) in [4.78, 5) is 4.45. The molecule has 0 bridgehead atoms. The second-order valence-electron chi connectivity index (χ2n) is 6.46. The zero-order valence-electron chi connectivity index (χ0n) is 16.2. The van der Waals surface area contributed by atoms with Crippen molar-refractivity contribution in [3.63, 3.8) is 0 Å². The maximum atomic E-state index is 13.7. The molecule has 1 fully saturated rings. The Morgan fingerprint density at radius 2 is 1.93 bits per heavy atom. The molecule has 1 aromatic rings. The van der Waals surface area contributed by atoms with Gasteiger partial charge >= 0.3 is 0 Å². The molecule has 1 aliphatic heterocycles. The van der Waals surface area contributed by atoms with Gasteiger partial charge in [0.1, 0.15) is 11.6 Å². The van der Waals surface area contributed by atoms with Crippen molar-refractivity contribution in [2.24, 2.45) is 4.99 Å². The first kappa shape index (κ1) is 25.0. The molecule has 1 saturated heterocycles. The van der Waals surface area contributed by atoms with Crippen LogP contribution in [0, 0.1) is 11.6 Å². The molecule has 160 valence electrons. The van der Waals surface area contributed by atoms with E-state index in [1.165, 1.54) is 16.4 Å². The number of nitrogens with zero attached hydrogens (tertiary/aromatic N) is 2. The number of halogens is 3. The zero-order chi connectivity index (χ0) is 19.9. The summed E-state index contributed by atoms with van der Waals surface area (Å²) in [5, 5.41) is 6.47.